The van der Waals surface area contributed by atoms with Gasteiger partial charge in [0.1, 0.15) is 0 Å². The van der Waals surface area contributed by atoms with Crippen molar-refractivity contribution in [3.05, 3.63) is 46.2 Å². The fourth-order valence-electron chi connectivity index (χ4n) is 1.47. The molecule has 5 heteroatoms. The van der Waals surface area contributed by atoms with Crippen LogP contribution < -0.4 is 16.8 Å². The van der Waals surface area contributed by atoms with Crippen LogP contribution >= 0.6 is 11.3 Å². The summed E-state index contributed by atoms with van der Waals surface area (Å²) >= 11 is 1.65. The summed E-state index contributed by atoms with van der Waals surface area (Å²) in [7, 11) is 0. The first-order valence-corrected chi connectivity index (χ1v) is 6.05. The molecule has 1 aromatic carbocycles. The van der Waals surface area contributed by atoms with Crippen LogP contribution in [-0.4, -0.2) is 5.91 Å². The Labute approximate surface area is 103 Å². The first-order chi connectivity index (χ1) is 8.16. The second kappa shape index (κ2) is 4.88. The highest BCUT2D eigenvalue weighted by Gasteiger charge is 2.04. The third-order valence-electron chi connectivity index (χ3n) is 2.40. The van der Waals surface area contributed by atoms with Crippen molar-refractivity contribution in [1.82, 2.24) is 0 Å². The Balaban J connectivity index is 2.09. The fourth-order valence-corrected chi connectivity index (χ4v) is 2.14. The van der Waals surface area contributed by atoms with Crippen LogP contribution in [0.5, 0.6) is 0 Å². The van der Waals surface area contributed by atoms with E-state index in [1.165, 1.54) is 5.56 Å². The van der Waals surface area contributed by atoms with Crippen molar-refractivity contribution in [2.45, 2.75) is 6.54 Å². The van der Waals surface area contributed by atoms with E-state index in [-0.39, 0.29) is 0 Å². The fraction of sp³-hybridized carbons (Fsp3) is 0.0833. The smallest absolute Gasteiger partial charge is 0.248 e. The van der Waals surface area contributed by atoms with Gasteiger partial charge in [0.2, 0.25) is 5.91 Å². The summed E-state index contributed by atoms with van der Waals surface area (Å²) in [6.45, 7) is 0.712. The van der Waals surface area contributed by atoms with Gasteiger partial charge in [0.15, 0.2) is 0 Å². The number of carbonyl (C=O) groups is 1. The molecule has 5 N–H and O–H groups in total. The summed E-state index contributed by atoms with van der Waals surface area (Å²) in [5.74, 6) is -0.471. The third-order valence-corrected chi connectivity index (χ3v) is 3.13. The third kappa shape index (κ3) is 2.76. The Bertz CT molecular complexity index is 523. The number of anilines is 2. The van der Waals surface area contributed by atoms with Gasteiger partial charge in [0.25, 0.3) is 0 Å². The van der Waals surface area contributed by atoms with E-state index in [2.05, 4.69) is 10.7 Å². The SMILES string of the molecule is NC(=O)c1ccc(NCc2ccsc2)c(N)c1. The number of amides is 1. The number of primary amides is 1. The van der Waals surface area contributed by atoms with Crippen molar-refractivity contribution in [2.75, 3.05) is 11.1 Å². The average Bonchev–Trinajstić information content (AvgIpc) is 2.80. The maximum Gasteiger partial charge on any atom is 0.248 e. The highest BCUT2D eigenvalue weighted by Crippen LogP contribution is 2.20. The van der Waals surface area contributed by atoms with Gasteiger partial charge >= 0.3 is 0 Å². The molecule has 88 valence electrons. The number of nitrogen functional groups attached to an aromatic ring is 1. The van der Waals surface area contributed by atoms with Crippen molar-refractivity contribution >= 4 is 28.6 Å². The Morgan fingerprint density at radius 1 is 1.35 bits per heavy atom. The molecular formula is C12H13N3OS. The molecule has 2 rings (SSSR count). The number of thiophene rings is 1. The van der Waals surface area contributed by atoms with Crippen LogP contribution in [0.4, 0.5) is 11.4 Å². The highest BCUT2D eigenvalue weighted by molar-refractivity contribution is 7.07. The summed E-state index contributed by atoms with van der Waals surface area (Å²) in [5, 5.41) is 7.31. The number of nitrogens with two attached hydrogens (primary N) is 2. The number of benzene rings is 1. The highest BCUT2D eigenvalue weighted by atomic mass is 32.1. The Kier molecular flexibility index (Phi) is 3.30. The van der Waals surface area contributed by atoms with Crippen LogP contribution in [0.1, 0.15) is 15.9 Å². The monoisotopic (exact) mass is 247 g/mol. The van der Waals surface area contributed by atoms with Gasteiger partial charge in [-0.15, -0.1) is 0 Å². The second-order valence-corrected chi connectivity index (χ2v) is 4.43. The van der Waals surface area contributed by atoms with Crippen LogP contribution in [0.25, 0.3) is 0 Å². The lowest BCUT2D eigenvalue weighted by atomic mass is 10.1. The Morgan fingerprint density at radius 3 is 2.76 bits per heavy atom. The van der Waals surface area contributed by atoms with E-state index in [1.807, 2.05) is 11.4 Å². The summed E-state index contributed by atoms with van der Waals surface area (Å²) in [6, 6.07) is 7.06. The van der Waals surface area contributed by atoms with Crippen molar-refractivity contribution < 1.29 is 4.79 Å². The Hall–Kier alpha value is -2.01. The molecule has 0 aliphatic carbocycles. The van der Waals surface area contributed by atoms with Crippen LogP contribution in [0.15, 0.2) is 35.0 Å². The first kappa shape index (κ1) is 11.5. The number of carbonyl (C=O) groups excluding carboxylic acids is 1. The second-order valence-electron chi connectivity index (χ2n) is 3.65. The summed E-state index contributed by atoms with van der Waals surface area (Å²) < 4.78 is 0. The van der Waals surface area contributed by atoms with E-state index in [0.717, 1.165) is 5.69 Å². The van der Waals surface area contributed by atoms with Gasteiger partial charge in [0.05, 0.1) is 11.4 Å². The molecule has 1 aromatic heterocycles. The quantitative estimate of drug-likeness (QED) is 0.723. The van der Waals surface area contributed by atoms with Gasteiger partial charge in [-0.3, -0.25) is 4.79 Å². The van der Waals surface area contributed by atoms with Crippen LogP contribution in [0.2, 0.25) is 0 Å². The summed E-state index contributed by atoms with van der Waals surface area (Å²) in [4.78, 5) is 11.0. The lowest BCUT2D eigenvalue weighted by Gasteiger charge is -2.09. The molecule has 0 saturated heterocycles. The molecule has 0 bridgehead atoms. The number of hydrogen-bond acceptors (Lipinski definition) is 4. The zero-order valence-electron chi connectivity index (χ0n) is 9.14. The lowest BCUT2D eigenvalue weighted by molar-refractivity contribution is 0.100. The van der Waals surface area contributed by atoms with E-state index >= 15 is 0 Å². The molecule has 0 radical (unpaired) electrons. The molecular weight excluding hydrogens is 234 g/mol. The molecule has 0 atom stereocenters. The number of nitrogens with one attached hydrogen (secondary N) is 1. The van der Waals surface area contributed by atoms with Crippen molar-refractivity contribution in [1.29, 1.82) is 0 Å². The summed E-state index contributed by atoms with van der Waals surface area (Å²) in [6.07, 6.45) is 0. The largest absolute Gasteiger partial charge is 0.397 e. The van der Waals surface area contributed by atoms with E-state index in [0.29, 0.717) is 17.8 Å². The van der Waals surface area contributed by atoms with Gasteiger partial charge in [0, 0.05) is 12.1 Å². The maximum absolute atomic E-state index is 11.0. The minimum Gasteiger partial charge on any atom is -0.397 e. The van der Waals surface area contributed by atoms with Crippen LogP contribution in [0, 0.1) is 0 Å². The molecule has 17 heavy (non-hydrogen) atoms. The lowest BCUT2D eigenvalue weighted by Crippen LogP contribution is -2.12. The van der Waals surface area contributed by atoms with Gasteiger partial charge in [-0.25, -0.2) is 0 Å². The standard InChI is InChI=1S/C12H13N3OS/c13-10-5-9(12(14)16)1-2-11(10)15-6-8-3-4-17-7-8/h1-5,7,15H,6,13H2,(H2,14,16). The maximum atomic E-state index is 11.0. The number of rotatable bonds is 4. The van der Waals surface area contributed by atoms with E-state index < -0.39 is 5.91 Å². The molecule has 2 aromatic rings. The summed E-state index contributed by atoms with van der Waals surface area (Å²) in [5.41, 5.74) is 14.0. The van der Waals surface area contributed by atoms with Crippen LogP contribution in [-0.2, 0) is 6.54 Å². The minimum absolute atomic E-state index is 0.420. The van der Waals surface area contributed by atoms with Crippen molar-refractivity contribution in [3.63, 3.8) is 0 Å². The van der Waals surface area contributed by atoms with E-state index in [1.54, 1.807) is 29.5 Å². The van der Waals surface area contributed by atoms with Gasteiger partial charge < -0.3 is 16.8 Å². The molecule has 4 nitrogen and oxygen atoms in total. The molecule has 1 amide bonds. The predicted molar refractivity (Wildman–Crippen MR) is 71.0 cm³/mol. The van der Waals surface area contributed by atoms with Gasteiger partial charge in [-0.05, 0) is 40.6 Å². The van der Waals surface area contributed by atoms with Crippen molar-refractivity contribution in [2.24, 2.45) is 5.73 Å². The van der Waals surface area contributed by atoms with Crippen molar-refractivity contribution in [3.8, 4) is 0 Å². The van der Waals surface area contributed by atoms with E-state index in [4.69, 9.17) is 11.5 Å². The topological polar surface area (TPSA) is 81.1 Å². The molecule has 0 spiro atoms. The Morgan fingerprint density at radius 2 is 2.18 bits per heavy atom. The molecule has 0 aliphatic rings. The van der Waals surface area contributed by atoms with Gasteiger partial charge in [-0.1, -0.05) is 0 Å². The predicted octanol–water partition coefficient (Wildman–Crippen LogP) is 2.04. The molecule has 0 unspecified atom stereocenters. The normalized spacial score (nSPS) is 10.1. The average molecular weight is 247 g/mol. The molecule has 0 saturated carbocycles. The minimum atomic E-state index is -0.471. The zero-order chi connectivity index (χ0) is 12.3. The zero-order valence-corrected chi connectivity index (χ0v) is 9.96. The molecule has 0 aliphatic heterocycles. The molecule has 0 fully saturated rings. The van der Waals surface area contributed by atoms with Crippen LogP contribution in [0.3, 0.4) is 0 Å². The van der Waals surface area contributed by atoms with Gasteiger partial charge in [-0.2, -0.15) is 11.3 Å². The number of hydrogen-bond donors (Lipinski definition) is 3. The van der Waals surface area contributed by atoms with E-state index in [9.17, 15) is 4.79 Å². The molecule has 1 heterocycles. The first-order valence-electron chi connectivity index (χ1n) is 5.11.